The predicted molar refractivity (Wildman–Crippen MR) is 101 cm³/mol. The topological polar surface area (TPSA) is 95.7 Å². The summed E-state index contributed by atoms with van der Waals surface area (Å²) in [7, 11) is 0. The number of amides is 3. The van der Waals surface area contributed by atoms with Crippen LogP contribution in [0.5, 0.6) is 0 Å². The molecule has 3 amide bonds. The van der Waals surface area contributed by atoms with Crippen LogP contribution in [0.2, 0.25) is 0 Å². The molecule has 3 fully saturated rings. The first-order valence-corrected chi connectivity index (χ1v) is 9.66. The lowest BCUT2D eigenvalue weighted by Gasteiger charge is -2.33. The molecule has 148 valence electrons. The number of nitrogens with zero attached hydrogens (tertiary/aromatic N) is 2. The molecule has 2 heterocycles. The number of rotatable bonds is 5. The third-order valence-electron chi connectivity index (χ3n) is 5.82. The summed E-state index contributed by atoms with van der Waals surface area (Å²) < 4.78 is 0. The largest absolute Gasteiger partial charge is 0.355 e. The number of hydrogen-bond donors (Lipinski definition) is 2. The minimum absolute atomic E-state index is 0. The van der Waals surface area contributed by atoms with Crippen LogP contribution >= 0.6 is 12.4 Å². The Kier molecular flexibility index (Phi) is 7.70. The van der Waals surface area contributed by atoms with Crippen LogP contribution in [0.3, 0.4) is 0 Å². The van der Waals surface area contributed by atoms with Crippen molar-refractivity contribution in [2.24, 2.45) is 17.6 Å². The molecule has 0 spiro atoms. The van der Waals surface area contributed by atoms with Gasteiger partial charge in [-0.05, 0) is 25.7 Å². The molecular formula is C18H31ClN4O3. The van der Waals surface area contributed by atoms with Crippen LogP contribution in [0.25, 0.3) is 0 Å². The van der Waals surface area contributed by atoms with E-state index in [2.05, 4.69) is 5.32 Å². The maximum atomic E-state index is 12.9. The van der Waals surface area contributed by atoms with Crippen molar-refractivity contribution in [3.63, 3.8) is 0 Å². The zero-order chi connectivity index (χ0) is 17.8. The Morgan fingerprint density at radius 3 is 2.50 bits per heavy atom. The third-order valence-corrected chi connectivity index (χ3v) is 5.82. The Labute approximate surface area is 161 Å². The van der Waals surface area contributed by atoms with Crippen LogP contribution in [0.4, 0.5) is 0 Å². The number of hydrogen-bond acceptors (Lipinski definition) is 4. The molecule has 1 aliphatic carbocycles. The number of carbonyl (C=O) groups is 3. The highest BCUT2D eigenvalue weighted by atomic mass is 35.5. The molecule has 0 bridgehead atoms. The van der Waals surface area contributed by atoms with Crippen LogP contribution < -0.4 is 11.1 Å². The highest BCUT2D eigenvalue weighted by Gasteiger charge is 2.41. The van der Waals surface area contributed by atoms with Gasteiger partial charge in [0.25, 0.3) is 0 Å². The molecule has 0 radical (unpaired) electrons. The molecule has 0 aromatic carbocycles. The second kappa shape index (κ2) is 9.55. The molecule has 3 N–H and O–H groups in total. The van der Waals surface area contributed by atoms with Crippen molar-refractivity contribution in [1.29, 1.82) is 0 Å². The van der Waals surface area contributed by atoms with E-state index in [4.69, 9.17) is 5.73 Å². The molecular weight excluding hydrogens is 356 g/mol. The first kappa shape index (κ1) is 21.0. The van der Waals surface area contributed by atoms with Gasteiger partial charge in [0.1, 0.15) is 0 Å². The van der Waals surface area contributed by atoms with Gasteiger partial charge in [0.05, 0.1) is 11.8 Å². The molecule has 7 nitrogen and oxygen atoms in total. The molecule has 2 atom stereocenters. The van der Waals surface area contributed by atoms with Crippen LogP contribution in [-0.2, 0) is 14.4 Å². The Bertz CT molecular complexity index is 525. The van der Waals surface area contributed by atoms with Crippen LogP contribution in [-0.4, -0.2) is 66.3 Å². The zero-order valence-electron chi connectivity index (χ0n) is 15.3. The fraction of sp³-hybridized carbons (Fsp3) is 0.833. The minimum atomic E-state index is -0.237. The summed E-state index contributed by atoms with van der Waals surface area (Å²) in [6.07, 6.45) is 6.46. The van der Waals surface area contributed by atoms with E-state index in [1.54, 1.807) is 4.90 Å². The van der Waals surface area contributed by atoms with Crippen molar-refractivity contribution in [3.8, 4) is 0 Å². The Balaban J connectivity index is 0.00000243. The number of halogens is 1. The van der Waals surface area contributed by atoms with Crippen molar-refractivity contribution in [3.05, 3.63) is 0 Å². The second-order valence-corrected chi connectivity index (χ2v) is 7.59. The molecule has 8 heteroatoms. The number of carbonyl (C=O) groups excluding carboxylic acids is 3. The van der Waals surface area contributed by atoms with Crippen molar-refractivity contribution < 1.29 is 14.4 Å². The quantitative estimate of drug-likeness (QED) is 0.719. The third kappa shape index (κ3) is 4.68. The maximum absolute atomic E-state index is 12.9. The summed E-state index contributed by atoms with van der Waals surface area (Å²) in [5.41, 5.74) is 5.43. The lowest BCUT2D eigenvalue weighted by Crippen LogP contribution is -2.48. The van der Waals surface area contributed by atoms with Gasteiger partial charge in [-0.2, -0.15) is 0 Å². The van der Waals surface area contributed by atoms with E-state index >= 15 is 0 Å². The molecule has 1 saturated carbocycles. The summed E-state index contributed by atoms with van der Waals surface area (Å²) in [6, 6.07) is 0.335. The average molecular weight is 387 g/mol. The van der Waals surface area contributed by atoms with E-state index in [9.17, 15) is 14.4 Å². The molecule has 3 aliphatic rings. The van der Waals surface area contributed by atoms with Crippen molar-refractivity contribution in [1.82, 2.24) is 15.1 Å². The average Bonchev–Trinajstić information content (AvgIpc) is 3.28. The molecule has 26 heavy (non-hydrogen) atoms. The van der Waals surface area contributed by atoms with Crippen molar-refractivity contribution in [2.75, 3.05) is 32.7 Å². The van der Waals surface area contributed by atoms with E-state index in [1.807, 2.05) is 4.90 Å². The summed E-state index contributed by atoms with van der Waals surface area (Å²) in [6.45, 7) is 2.60. The van der Waals surface area contributed by atoms with Crippen LogP contribution in [0, 0.1) is 11.8 Å². The van der Waals surface area contributed by atoms with Crippen molar-refractivity contribution >= 4 is 30.1 Å². The standard InChI is InChI=1S/C18H30N4O3.ClH/c19-7-8-20-17(24)13-4-3-9-21(11-13)18(25)14-10-16(23)22(12-14)15-5-1-2-6-15;/h13-15H,1-12,19H2,(H,20,24);1H. The van der Waals surface area contributed by atoms with Gasteiger partial charge >= 0.3 is 0 Å². The van der Waals surface area contributed by atoms with Gasteiger partial charge in [-0.3, -0.25) is 14.4 Å². The predicted octanol–water partition coefficient (Wildman–Crippen LogP) is 0.513. The van der Waals surface area contributed by atoms with Gasteiger partial charge < -0.3 is 20.9 Å². The highest BCUT2D eigenvalue weighted by Crippen LogP contribution is 2.31. The number of nitrogens with two attached hydrogens (primary N) is 1. The fourth-order valence-electron chi connectivity index (χ4n) is 4.46. The van der Waals surface area contributed by atoms with E-state index in [1.165, 1.54) is 12.8 Å². The molecule has 0 aromatic heterocycles. The lowest BCUT2D eigenvalue weighted by atomic mass is 9.95. The van der Waals surface area contributed by atoms with E-state index in [0.29, 0.717) is 45.2 Å². The Morgan fingerprint density at radius 2 is 1.81 bits per heavy atom. The molecule has 0 aromatic rings. The van der Waals surface area contributed by atoms with Gasteiger partial charge in [-0.15, -0.1) is 12.4 Å². The monoisotopic (exact) mass is 386 g/mol. The number of piperidine rings is 1. The van der Waals surface area contributed by atoms with Crippen LogP contribution in [0.15, 0.2) is 0 Å². The lowest BCUT2D eigenvalue weighted by molar-refractivity contribution is -0.139. The fourth-order valence-corrected chi connectivity index (χ4v) is 4.46. The summed E-state index contributed by atoms with van der Waals surface area (Å²) in [4.78, 5) is 41.1. The highest BCUT2D eigenvalue weighted by molar-refractivity contribution is 5.90. The second-order valence-electron chi connectivity index (χ2n) is 7.59. The maximum Gasteiger partial charge on any atom is 0.228 e. The number of nitrogens with one attached hydrogen (secondary N) is 1. The van der Waals surface area contributed by atoms with Gasteiger partial charge in [-0.1, -0.05) is 12.8 Å². The summed E-state index contributed by atoms with van der Waals surface area (Å²) in [5.74, 6) is -0.242. The molecule has 2 aliphatic heterocycles. The Hall–Kier alpha value is -1.34. The Morgan fingerprint density at radius 1 is 1.08 bits per heavy atom. The van der Waals surface area contributed by atoms with Crippen molar-refractivity contribution in [2.45, 2.75) is 51.0 Å². The smallest absolute Gasteiger partial charge is 0.228 e. The van der Waals surface area contributed by atoms with E-state index in [0.717, 1.165) is 25.7 Å². The summed E-state index contributed by atoms with van der Waals surface area (Å²) >= 11 is 0. The van der Waals surface area contributed by atoms with Gasteiger partial charge in [0.15, 0.2) is 0 Å². The minimum Gasteiger partial charge on any atom is -0.355 e. The normalized spacial score (nSPS) is 26.7. The zero-order valence-corrected chi connectivity index (χ0v) is 16.1. The first-order chi connectivity index (χ1) is 12.1. The van der Waals surface area contributed by atoms with Gasteiger partial charge in [0, 0.05) is 45.2 Å². The van der Waals surface area contributed by atoms with E-state index in [-0.39, 0.29) is 42.0 Å². The van der Waals surface area contributed by atoms with E-state index < -0.39 is 0 Å². The molecule has 3 rings (SSSR count). The first-order valence-electron chi connectivity index (χ1n) is 9.66. The molecule has 2 unspecified atom stereocenters. The molecule has 2 saturated heterocycles. The van der Waals surface area contributed by atoms with Crippen LogP contribution in [0.1, 0.15) is 44.9 Å². The number of likely N-dealkylation sites (tertiary alicyclic amines) is 2. The van der Waals surface area contributed by atoms with Gasteiger partial charge in [0.2, 0.25) is 17.7 Å². The SMILES string of the molecule is Cl.NCCNC(=O)C1CCCN(C(=O)C2CC(=O)N(C3CCCC3)C2)C1. The van der Waals surface area contributed by atoms with Gasteiger partial charge in [-0.25, -0.2) is 0 Å². The summed E-state index contributed by atoms with van der Waals surface area (Å²) in [5, 5.41) is 2.82.